The third kappa shape index (κ3) is 2.62. The minimum Gasteiger partial charge on any atom is -0.507 e. The van der Waals surface area contributed by atoms with Crippen LogP contribution in [0.1, 0.15) is 15.9 Å². The van der Waals surface area contributed by atoms with E-state index in [0.717, 1.165) is 0 Å². The first-order valence-electron chi connectivity index (χ1n) is 4.55. The van der Waals surface area contributed by atoms with Crippen LogP contribution in [0.15, 0.2) is 12.1 Å². The molecule has 88 valence electrons. The zero-order chi connectivity index (χ0) is 12.1. The molecule has 0 aliphatic carbocycles. The number of hydrogen-bond acceptors (Lipinski definition) is 5. The van der Waals surface area contributed by atoms with Crippen LogP contribution in [-0.2, 0) is 11.3 Å². The van der Waals surface area contributed by atoms with Crippen LogP contribution in [0.5, 0.6) is 11.5 Å². The lowest BCUT2D eigenvalue weighted by atomic mass is 10.1. The molecule has 0 heterocycles. The molecule has 0 fully saturated rings. The van der Waals surface area contributed by atoms with Gasteiger partial charge in [-0.05, 0) is 11.6 Å². The summed E-state index contributed by atoms with van der Waals surface area (Å²) in [4.78, 5) is 15.2. The van der Waals surface area contributed by atoms with E-state index in [1.807, 2.05) is 0 Å². The number of carboxylic acids is 1. The lowest BCUT2D eigenvalue weighted by molar-refractivity contribution is 0.0693. The van der Waals surface area contributed by atoms with Gasteiger partial charge in [-0.3, -0.25) is 0 Å². The van der Waals surface area contributed by atoms with E-state index in [-0.39, 0.29) is 17.9 Å². The zero-order valence-electron chi connectivity index (χ0n) is 8.77. The van der Waals surface area contributed by atoms with Crippen molar-refractivity contribution in [2.45, 2.75) is 6.42 Å². The Kier molecular flexibility index (Phi) is 4.10. The molecule has 1 aromatic rings. The Labute approximate surface area is 92.2 Å². The van der Waals surface area contributed by atoms with Gasteiger partial charge in [0.1, 0.15) is 17.1 Å². The number of hydrogen-bond donors (Lipinski definition) is 3. The SMILES string of the molecule is COc1cc(O)c(C(=O)O)cc1CCON. The van der Waals surface area contributed by atoms with E-state index in [9.17, 15) is 9.90 Å². The van der Waals surface area contributed by atoms with Crippen LogP contribution in [-0.4, -0.2) is 29.9 Å². The molecule has 0 atom stereocenters. The third-order valence-corrected chi connectivity index (χ3v) is 2.12. The largest absolute Gasteiger partial charge is 0.507 e. The van der Waals surface area contributed by atoms with Gasteiger partial charge in [0.25, 0.3) is 0 Å². The van der Waals surface area contributed by atoms with E-state index in [1.54, 1.807) is 0 Å². The number of aromatic carboxylic acids is 1. The van der Waals surface area contributed by atoms with Crippen LogP contribution in [0.2, 0.25) is 0 Å². The van der Waals surface area contributed by atoms with Crippen molar-refractivity contribution in [1.82, 2.24) is 0 Å². The number of phenols is 1. The van der Waals surface area contributed by atoms with E-state index in [1.165, 1.54) is 19.2 Å². The number of nitrogens with two attached hydrogens (primary N) is 1. The maximum atomic E-state index is 10.8. The van der Waals surface area contributed by atoms with Crippen LogP contribution in [0, 0.1) is 0 Å². The first-order chi connectivity index (χ1) is 7.60. The van der Waals surface area contributed by atoms with Gasteiger partial charge in [-0.2, -0.15) is 0 Å². The number of methoxy groups -OCH3 is 1. The molecule has 1 rings (SSSR count). The standard InChI is InChI=1S/C10H13NO5/c1-15-9-5-8(12)7(10(13)14)4-6(9)2-3-16-11/h4-5,12H,2-3,11H2,1H3,(H,13,14). The van der Waals surface area contributed by atoms with Crippen LogP contribution < -0.4 is 10.6 Å². The Balaban J connectivity index is 3.12. The molecule has 16 heavy (non-hydrogen) atoms. The van der Waals surface area contributed by atoms with Crippen LogP contribution in [0.3, 0.4) is 0 Å². The van der Waals surface area contributed by atoms with E-state index in [2.05, 4.69) is 4.84 Å². The van der Waals surface area contributed by atoms with E-state index in [4.69, 9.17) is 15.7 Å². The highest BCUT2D eigenvalue weighted by Crippen LogP contribution is 2.28. The summed E-state index contributed by atoms with van der Waals surface area (Å²) in [6, 6.07) is 2.60. The van der Waals surface area contributed by atoms with Crippen LogP contribution in [0.25, 0.3) is 0 Å². The minimum atomic E-state index is -1.20. The normalized spacial score (nSPS) is 10.1. The fourth-order valence-corrected chi connectivity index (χ4v) is 1.34. The van der Waals surface area contributed by atoms with Crippen molar-refractivity contribution in [3.8, 4) is 11.5 Å². The first-order valence-corrected chi connectivity index (χ1v) is 4.55. The predicted octanol–water partition coefficient (Wildman–Crippen LogP) is 0.532. The average Bonchev–Trinajstić information content (AvgIpc) is 2.26. The van der Waals surface area contributed by atoms with Gasteiger partial charge in [-0.25, -0.2) is 10.7 Å². The molecular formula is C10H13NO5. The zero-order valence-corrected chi connectivity index (χ0v) is 8.77. The molecule has 0 saturated carbocycles. The summed E-state index contributed by atoms with van der Waals surface area (Å²) in [7, 11) is 1.43. The maximum absolute atomic E-state index is 10.8. The summed E-state index contributed by atoms with van der Waals surface area (Å²) in [5.74, 6) is 3.76. The van der Waals surface area contributed by atoms with Crippen molar-refractivity contribution < 1.29 is 24.6 Å². The number of rotatable bonds is 5. The maximum Gasteiger partial charge on any atom is 0.339 e. The fourth-order valence-electron chi connectivity index (χ4n) is 1.34. The molecule has 0 aromatic heterocycles. The molecule has 0 spiro atoms. The summed E-state index contributed by atoms with van der Waals surface area (Å²) in [5, 5.41) is 18.2. The number of carbonyl (C=O) groups is 1. The average molecular weight is 227 g/mol. The summed E-state index contributed by atoms with van der Waals surface area (Å²) in [6.45, 7) is 0.236. The summed E-state index contributed by atoms with van der Waals surface area (Å²) in [6.07, 6.45) is 0.403. The number of ether oxygens (including phenoxy) is 1. The van der Waals surface area contributed by atoms with Crippen molar-refractivity contribution in [3.05, 3.63) is 23.3 Å². The van der Waals surface area contributed by atoms with Crippen LogP contribution >= 0.6 is 0 Å². The Bertz CT molecular complexity index is 391. The van der Waals surface area contributed by atoms with Crippen molar-refractivity contribution in [3.63, 3.8) is 0 Å². The second-order valence-corrected chi connectivity index (χ2v) is 3.11. The van der Waals surface area contributed by atoms with Gasteiger partial charge >= 0.3 is 5.97 Å². The summed E-state index contributed by atoms with van der Waals surface area (Å²) < 4.78 is 5.01. The van der Waals surface area contributed by atoms with Crippen LogP contribution in [0.4, 0.5) is 0 Å². The third-order valence-electron chi connectivity index (χ3n) is 2.12. The molecule has 0 amide bonds. The van der Waals surface area contributed by atoms with E-state index in [0.29, 0.717) is 17.7 Å². The highest BCUT2D eigenvalue weighted by atomic mass is 16.6. The Morgan fingerprint density at radius 3 is 2.69 bits per heavy atom. The van der Waals surface area contributed by atoms with Crippen molar-refractivity contribution in [2.75, 3.05) is 13.7 Å². The van der Waals surface area contributed by atoms with Gasteiger partial charge in [0.15, 0.2) is 0 Å². The molecule has 6 nitrogen and oxygen atoms in total. The highest BCUT2D eigenvalue weighted by molar-refractivity contribution is 5.91. The molecule has 6 heteroatoms. The van der Waals surface area contributed by atoms with E-state index >= 15 is 0 Å². The molecule has 0 radical (unpaired) electrons. The smallest absolute Gasteiger partial charge is 0.339 e. The predicted molar refractivity (Wildman–Crippen MR) is 55.5 cm³/mol. The van der Waals surface area contributed by atoms with Gasteiger partial charge in [0.05, 0.1) is 13.7 Å². The van der Waals surface area contributed by atoms with Gasteiger partial charge in [-0.15, -0.1) is 0 Å². The second kappa shape index (κ2) is 5.34. The Morgan fingerprint density at radius 1 is 1.50 bits per heavy atom. The van der Waals surface area contributed by atoms with Gasteiger partial charge in [0, 0.05) is 12.5 Å². The highest BCUT2D eigenvalue weighted by Gasteiger charge is 2.14. The number of aromatic hydroxyl groups is 1. The second-order valence-electron chi connectivity index (χ2n) is 3.11. The molecule has 0 aliphatic rings. The molecule has 0 bridgehead atoms. The Morgan fingerprint density at radius 2 is 2.19 bits per heavy atom. The molecule has 1 aromatic carbocycles. The fraction of sp³-hybridized carbons (Fsp3) is 0.300. The summed E-state index contributed by atoms with van der Waals surface area (Å²) >= 11 is 0. The molecular weight excluding hydrogens is 214 g/mol. The quantitative estimate of drug-likeness (QED) is 0.634. The van der Waals surface area contributed by atoms with E-state index < -0.39 is 5.97 Å². The number of benzene rings is 1. The molecule has 0 aliphatic heterocycles. The Hall–Kier alpha value is -1.79. The van der Waals surface area contributed by atoms with Crippen molar-refractivity contribution >= 4 is 5.97 Å². The van der Waals surface area contributed by atoms with Gasteiger partial charge in [-0.1, -0.05) is 0 Å². The minimum absolute atomic E-state index is 0.173. The summed E-state index contributed by atoms with van der Waals surface area (Å²) in [5.41, 5.74) is 0.441. The molecule has 0 unspecified atom stereocenters. The topological polar surface area (TPSA) is 102 Å². The lowest BCUT2D eigenvalue weighted by Crippen LogP contribution is -2.06. The molecule has 0 saturated heterocycles. The number of carboxylic acid groups (broad SMARTS) is 1. The van der Waals surface area contributed by atoms with Gasteiger partial charge < -0.3 is 19.8 Å². The lowest BCUT2D eigenvalue weighted by Gasteiger charge is -2.10. The first kappa shape index (κ1) is 12.3. The van der Waals surface area contributed by atoms with Gasteiger partial charge in [0.2, 0.25) is 0 Å². The molecule has 4 N–H and O–H groups in total. The van der Waals surface area contributed by atoms with Crippen molar-refractivity contribution in [1.29, 1.82) is 0 Å². The van der Waals surface area contributed by atoms with Crippen molar-refractivity contribution in [2.24, 2.45) is 5.90 Å². The monoisotopic (exact) mass is 227 g/mol.